The van der Waals surface area contributed by atoms with Crippen LogP contribution in [0.5, 0.6) is 0 Å². The van der Waals surface area contributed by atoms with E-state index in [1.807, 2.05) is 24.4 Å². The van der Waals surface area contributed by atoms with Crippen LogP contribution in [-0.4, -0.2) is 32.4 Å². The number of halogens is 2. The van der Waals surface area contributed by atoms with Crippen LogP contribution < -0.4 is 5.32 Å². The maximum absolute atomic E-state index is 13.2. The summed E-state index contributed by atoms with van der Waals surface area (Å²) in [4.78, 5) is 14.4. The smallest absolute Gasteiger partial charge is 0.358 e. The molecule has 1 aromatic carbocycles. The minimum absolute atomic E-state index is 0.0591. The van der Waals surface area contributed by atoms with E-state index in [2.05, 4.69) is 22.3 Å². The SMILES string of the molecule is CCCCCCCCCCNc1cnn(Cc2ccc(C(C)(F)F)o2)c1.O=C(O)c1ncoc1-c1ccccc1. The van der Waals surface area contributed by atoms with Crippen LogP contribution in [0, 0.1) is 0 Å². The van der Waals surface area contributed by atoms with Gasteiger partial charge in [0.25, 0.3) is 0 Å². The zero-order valence-corrected chi connectivity index (χ0v) is 23.1. The van der Waals surface area contributed by atoms with Gasteiger partial charge in [0.15, 0.2) is 23.6 Å². The summed E-state index contributed by atoms with van der Waals surface area (Å²) in [5.41, 5.74) is 1.60. The number of carbonyl (C=O) groups is 1. The van der Waals surface area contributed by atoms with Gasteiger partial charge in [0.2, 0.25) is 0 Å². The molecular formula is C30H38F2N4O4. The summed E-state index contributed by atoms with van der Waals surface area (Å²) < 4.78 is 38.3. The van der Waals surface area contributed by atoms with Crippen molar-refractivity contribution in [2.24, 2.45) is 0 Å². The van der Waals surface area contributed by atoms with Gasteiger partial charge in [-0.1, -0.05) is 82.2 Å². The minimum atomic E-state index is -2.95. The normalized spacial score (nSPS) is 11.2. The molecule has 2 N–H and O–H groups in total. The van der Waals surface area contributed by atoms with Gasteiger partial charge in [-0.3, -0.25) is 4.68 Å². The summed E-state index contributed by atoms with van der Waals surface area (Å²) in [6.45, 7) is 4.34. The van der Waals surface area contributed by atoms with Crippen molar-refractivity contribution in [1.29, 1.82) is 0 Å². The summed E-state index contributed by atoms with van der Waals surface area (Å²) in [6, 6.07) is 11.9. The summed E-state index contributed by atoms with van der Waals surface area (Å²) in [7, 11) is 0. The first-order chi connectivity index (χ1) is 19.3. The van der Waals surface area contributed by atoms with E-state index in [0.717, 1.165) is 32.0 Å². The zero-order valence-electron chi connectivity index (χ0n) is 23.1. The molecule has 0 atom stereocenters. The average Bonchev–Trinajstić information content (AvgIpc) is 3.70. The number of carboxylic acid groups (broad SMARTS) is 1. The first-order valence-corrected chi connectivity index (χ1v) is 13.7. The van der Waals surface area contributed by atoms with Gasteiger partial charge in [0.05, 0.1) is 18.4 Å². The fourth-order valence-electron chi connectivity index (χ4n) is 4.08. The van der Waals surface area contributed by atoms with Gasteiger partial charge in [-0.15, -0.1) is 0 Å². The summed E-state index contributed by atoms with van der Waals surface area (Å²) in [5, 5.41) is 16.4. The van der Waals surface area contributed by atoms with Crippen LogP contribution in [0.2, 0.25) is 0 Å². The third kappa shape index (κ3) is 9.98. The highest BCUT2D eigenvalue weighted by Gasteiger charge is 2.28. The quantitative estimate of drug-likeness (QED) is 0.142. The molecule has 4 rings (SSSR count). The Kier molecular flexibility index (Phi) is 11.9. The van der Waals surface area contributed by atoms with Crippen LogP contribution >= 0.6 is 0 Å². The molecule has 0 aliphatic heterocycles. The maximum atomic E-state index is 13.2. The van der Waals surface area contributed by atoms with Gasteiger partial charge in [-0.05, 0) is 18.6 Å². The van der Waals surface area contributed by atoms with E-state index >= 15 is 0 Å². The molecule has 0 spiro atoms. The van der Waals surface area contributed by atoms with Gasteiger partial charge < -0.3 is 19.3 Å². The second-order valence-electron chi connectivity index (χ2n) is 9.68. The Morgan fingerprint density at radius 2 is 1.73 bits per heavy atom. The highest BCUT2D eigenvalue weighted by Crippen LogP contribution is 2.28. The molecule has 3 aromatic heterocycles. The van der Waals surface area contributed by atoms with Crippen molar-refractivity contribution >= 4 is 11.7 Å². The number of aromatic carboxylic acids is 1. The predicted molar refractivity (Wildman–Crippen MR) is 150 cm³/mol. The number of alkyl halides is 2. The molecule has 0 fully saturated rings. The van der Waals surface area contributed by atoms with Crippen molar-refractivity contribution in [3.63, 3.8) is 0 Å². The van der Waals surface area contributed by atoms with E-state index in [1.54, 1.807) is 29.1 Å². The number of carboxylic acids is 1. The van der Waals surface area contributed by atoms with E-state index in [0.29, 0.717) is 17.9 Å². The van der Waals surface area contributed by atoms with Crippen LogP contribution in [0.4, 0.5) is 14.5 Å². The van der Waals surface area contributed by atoms with Crippen molar-refractivity contribution in [2.75, 3.05) is 11.9 Å². The molecule has 0 saturated carbocycles. The standard InChI is InChI=1S/C20H31F2N3O.C10H7NO3/c1-3-4-5-6-7-8-9-10-13-23-17-14-24-25(15-17)16-18-11-12-19(26-18)20(2,21)22;12-10(13)8-9(14-6-11-8)7-4-2-1-3-5-7/h11-12,14-15,23H,3-10,13,16H2,1-2H3;1-6H,(H,12,13). The number of anilines is 1. The largest absolute Gasteiger partial charge is 0.476 e. The number of hydrogen-bond acceptors (Lipinski definition) is 6. The van der Waals surface area contributed by atoms with Crippen LogP contribution in [0.25, 0.3) is 11.3 Å². The van der Waals surface area contributed by atoms with Gasteiger partial charge in [0, 0.05) is 25.2 Å². The summed E-state index contributed by atoms with van der Waals surface area (Å²) in [6.07, 6.45) is 15.1. The van der Waals surface area contributed by atoms with E-state index in [4.69, 9.17) is 13.9 Å². The lowest BCUT2D eigenvalue weighted by atomic mass is 10.1. The van der Waals surface area contributed by atoms with Crippen LogP contribution in [0.3, 0.4) is 0 Å². The maximum Gasteiger partial charge on any atom is 0.358 e. The Morgan fingerprint density at radius 1 is 1.02 bits per heavy atom. The predicted octanol–water partition coefficient (Wildman–Crippen LogP) is 8.23. The van der Waals surface area contributed by atoms with E-state index in [1.165, 1.54) is 51.0 Å². The van der Waals surface area contributed by atoms with Gasteiger partial charge in [0.1, 0.15) is 5.76 Å². The number of oxazole rings is 1. The van der Waals surface area contributed by atoms with Crippen molar-refractivity contribution in [1.82, 2.24) is 14.8 Å². The Bertz CT molecular complexity index is 1280. The minimum Gasteiger partial charge on any atom is -0.476 e. The van der Waals surface area contributed by atoms with Gasteiger partial charge in [-0.25, -0.2) is 9.78 Å². The molecule has 0 aliphatic rings. The van der Waals surface area contributed by atoms with Crippen molar-refractivity contribution in [2.45, 2.75) is 77.7 Å². The molecule has 0 radical (unpaired) electrons. The average molecular weight is 557 g/mol. The number of nitrogens with one attached hydrogen (secondary N) is 1. The van der Waals surface area contributed by atoms with Gasteiger partial charge >= 0.3 is 11.9 Å². The number of aromatic nitrogens is 3. The fourth-order valence-corrected chi connectivity index (χ4v) is 4.08. The molecule has 4 aromatic rings. The zero-order chi connectivity index (χ0) is 28.8. The fraction of sp³-hybridized carbons (Fsp3) is 0.433. The van der Waals surface area contributed by atoms with Crippen molar-refractivity contribution in [3.8, 4) is 11.3 Å². The topological polar surface area (TPSA) is 106 Å². The van der Waals surface area contributed by atoms with Crippen molar-refractivity contribution in [3.05, 3.63) is 78.5 Å². The van der Waals surface area contributed by atoms with E-state index < -0.39 is 11.9 Å². The first-order valence-electron chi connectivity index (χ1n) is 13.7. The lowest BCUT2D eigenvalue weighted by Crippen LogP contribution is -2.05. The molecule has 3 heterocycles. The third-order valence-corrected chi connectivity index (χ3v) is 6.21. The lowest BCUT2D eigenvalue weighted by Gasteiger charge is -2.05. The van der Waals surface area contributed by atoms with Crippen LogP contribution in [0.15, 0.2) is 70.1 Å². The second-order valence-corrected chi connectivity index (χ2v) is 9.68. The number of hydrogen-bond donors (Lipinski definition) is 2. The van der Waals surface area contributed by atoms with E-state index in [9.17, 15) is 13.6 Å². The Labute approximate surface area is 233 Å². The highest BCUT2D eigenvalue weighted by atomic mass is 19.3. The molecule has 8 nitrogen and oxygen atoms in total. The molecule has 0 amide bonds. The number of unbranched alkanes of at least 4 members (excludes halogenated alkanes) is 7. The number of furan rings is 1. The molecule has 0 unspecified atom stereocenters. The Hall–Kier alpha value is -3.95. The Morgan fingerprint density at radius 3 is 2.38 bits per heavy atom. The molecule has 40 heavy (non-hydrogen) atoms. The van der Waals surface area contributed by atoms with E-state index in [-0.39, 0.29) is 17.2 Å². The van der Waals surface area contributed by atoms with Crippen LogP contribution in [0.1, 0.15) is 87.2 Å². The summed E-state index contributed by atoms with van der Waals surface area (Å²) >= 11 is 0. The third-order valence-electron chi connectivity index (χ3n) is 6.21. The number of rotatable bonds is 15. The second kappa shape index (κ2) is 15.6. The molecule has 0 aliphatic carbocycles. The lowest BCUT2D eigenvalue weighted by molar-refractivity contribution is -0.00636. The monoisotopic (exact) mass is 556 g/mol. The van der Waals surface area contributed by atoms with Gasteiger partial charge in [-0.2, -0.15) is 13.9 Å². The van der Waals surface area contributed by atoms with Crippen molar-refractivity contribution < 1.29 is 27.5 Å². The molecule has 10 heteroatoms. The number of benzene rings is 1. The molecule has 0 saturated heterocycles. The van der Waals surface area contributed by atoms with Crippen LogP contribution in [-0.2, 0) is 12.5 Å². The molecular weight excluding hydrogens is 518 g/mol. The molecule has 0 bridgehead atoms. The Balaban J connectivity index is 0.000000263. The molecule has 216 valence electrons. The highest BCUT2D eigenvalue weighted by molar-refractivity contribution is 5.91. The number of nitrogens with zero attached hydrogens (tertiary/aromatic N) is 3. The summed E-state index contributed by atoms with van der Waals surface area (Å²) in [5.74, 6) is -3.59. The first kappa shape index (κ1) is 30.6.